The van der Waals surface area contributed by atoms with E-state index in [-0.39, 0.29) is 22.9 Å². The van der Waals surface area contributed by atoms with Crippen molar-refractivity contribution in [2.75, 3.05) is 84.4 Å². The van der Waals surface area contributed by atoms with Crippen molar-refractivity contribution in [1.29, 1.82) is 0 Å². The average Bonchev–Trinajstić information content (AvgIpc) is 1.53. The third-order valence-corrected chi connectivity index (χ3v) is 26.7. The minimum atomic E-state index is -6.28. The molecule has 15 rings (SSSR count). The summed E-state index contributed by atoms with van der Waals surface area (Å²) in [6.07, 6.45) is -40.6. The number of nitrogens with one attached hydrogen (secondary N) is 5. The first-order valence-electron chi connectivity index (χ1n) is 37.3. The number of hydrogen-bond acceptors (Lipinski definition) is 50. The van der Waals surface area contributed by atoms with Gasteiger partial charge in [-0.3, -0.25) is 94.6 Å². The monoisotopic (exact) mass is 1960 g/mol. The van der Waals surface area contributed by atoms with Gasteiger partial charge in [-0.15, -0.1) is 0 Å². The minimum absolute atomic E-state index is 0.0928. The predicted octanol–water partition coefficient (Wildman–Crippen LogP) is -6.77. The quantitative estimate of drug-likeness (QED) is 0.0130. The van der Waals surface area contributed by atoms with E-state index in [1.54, 1.807) is 0 Å². The van der Waals surface area contributed by atoms with Crippen LogP contribution in [0.2, 0.25) is 0 Å². The first-order valence-corrected chi connectivity index (χ1v) is 46.8. The highest BCUT2D eigenvalue weighted by atomic mass is 32.7. The van der Waals surface area contributed by atoms with Crippen LogP contribution < -0.4 is 87.4 Å². The highest BCUT2D eigenvalue weighted by Crippen LogP contribution is 2.56. The normalized spacial score (nSPS) is 31.9. The molecule has 6 saturated heterocycles. The number of imidazole rings is 3. The van der Waals surface area contributed by atoms with Crippen LogP contribution >= 0.6 is 37.0 Å². The van der Waals surface area contributed by atoms with Crippen molar-refractivity contribution in [2.45, 2.75) is 154 Å². The minimum Gasteiger partial charge on any atom is -0.780 e. The number of aliphatic hydroxyl groups is 1. The van der Waals surface area contributed by atoms with E-state index >= 15 is 8.78 Å². The van der Waals surface area contributed by atoms with Crippen molar-refractivity contribution in [1.82, 2.24) is 87.2 Å². The SMILES string of the molecule is CO[C@H]1C(OP(=O)([O-])OC[C@H]2O[C@@H](n3cnc4c(=O)[nH]c(N)nc43)[C@@H](F)C2OP(=O)([O-])OC[C@H]2O[C@@H](n3cnc4c(=O)[nH]c(N)nc43)[C@@H](OC)C2OP(=O)([O-])OC[C@H]2O[C@@H](n3ccc(=O)[nH]c3=O)[C@@H](F)C2OP([O-])(=S)OC[C@H]2O[C@@H](n3ccc(N)nc3=O)[C@@H](OC)C2OP(=O)([S-])OC[C@H]2O[C@@H](n3cnc4c(=O)[nH]c(N)nc43)[C@@H](OC)C2O)[C@@H](C)O[C@H]1n1ccc(=O)[nH]c1=O. The van der Waals surface area contributed by atoms with E-state index in [1.807, 2.05) is 9.97 Å². The molecule has 6 aliphatic rings. The Kier molecular flexibility index (Phi) is 27.5. The summed E-state index contributed by atoms with van der Waals surface area (Å²) in [5.41, 5.74) is 13.3. The fourth-order valence-corrected chi connectivity index (χ4v) is 20.7. The molecule has 6 fully saturated rings. The summed E-state index contributed by atoms with van der Waals surface area (Å²) in [7, 11) is -14.0. The number of halogens is 2. The van der Waals surface area contributed by atoms with Crippen LogP contribution in [-0.4, -0.2) is 264 Å². The zero-order chi connectivity index (χ0) is 92.7. The van der Waals surface area contributed by atoms with Gasteiger partial charge in [-0.25, -0.2) is 38.1 Å². The second-order valence-corrected chi connectivity index (χ2v) is 38.2. The van der Waals surface area contributed by atoms with Crippen LogP contribution in [0.5, 0.6) is 0 Å². The largest absolute Gasteiger partial charge is 0.780 e. The lowest BCUT2D eigenvalue weighted by molar-refractivity contribution is -0.240. The zero-order valence-electron chi connectivity index (χ0n) is 66.2. The van der Waals surface area contributed by atoms with Crippen LogP contribution in [0.4, 0.5) is 32.4 Å². The second-order valence-electron chi connectivity index (χ2n) is 28.7. The lowest BCUT2D eigenvalue weighted by Gasteiger charge is -2.35. The molecule has 6 aliphatic heterocycles. The first-order chi connectivity index (χ1) is 61.0. The molecule has 0 spiro atoms. The summed E-state index contributed by atoms with van der Waals surface area (Å²) in [5, 5.41) is 11.4. The number of methoxy groups -OCH3 is 4. The van der Waals surface area contributed by atoms with Crippen molar-refractivity contribution < 1.29 is 144 Å². The fourth-order valence-electron chi connectivity index (χ4n) is 15.0. The molecular formula is C61H72F2N22O37P5S2-5. The number of ether oxygens (including phenoxy) is 10. The number of nitrogen functional groups attached to an aromatic ring is 4. The molecule has 0 aliphatic carbocycles. The van der Waals surface area contributed by atoms with Gasteiger partial charge >= 0.3 is 17.1 Å². The number of alkyl halides is 2. The molecular weight excluding hydrogens is 1890 g/mol. The molecule has 704 valence electrons. The number of nitrogens with two attached hydrogens (primary N) is 4. The maximum atomic E-state index is 17.4. The maximum Gasteiger partial charge on any atom is 0.351 e. The highest BCUT2D eigenvalue weighted by molar-refractivity contribution is 8.32. The van der Waals surface area contributed by atoms with Crippen LogP contribution in [0.1, 0.15) is 44.3 Å². The third kappa shape index (κ3) is 19.7. The van der Waals surface area contributed by atoms with Gasteiger partial charge in [-0.1, -0.05) is 11.8 Å². The number of fused-ring (bicyclic) bond motifs is 3. The molecule has 0 amide bonds. The summed E-state index contributed by atoms with van der Waals surface area (Å²) in [6.45, 7) is -15.6. The fraction of sp³-hybridized carbons (Fsp3) is 0.557. The van der Waals surface area contributed by atoms with E-state index in [4.69, 9.17) is 140 Å². The smallest absolute Gasteiger partial charge is 0.351 e. The van der Waals surface area contributed by atoms with Gasteiger partial charge in [0.15, 0.2) is 90.0 Å². The summed E-state index contributed by atoms with van der Waals surface area (Å²) in [4.78, 5) is 198. The van der Waals surface area contributed by atoms with Crippen LogP contribution in [0.25, 0.3) is 33.5 Å². The van der Waals surface area contributed by atoms with E-state index in [0.29, 0.717) is 4.57 Å². The van der Waals surface area contributed by atoms with Crippen molar-refractivity contribution in [3.05, 3.63) is 139 Å². The Labute approximate surface area is 724 Å². The lowest BCUT2D eigenvalue weighted by atomic mass is 10.1. The Morgan fingerprint density at radius 1 is 0.442 bits per heavy atom. The highest BCUT2D eigenvalue weighted by Gasteiger charge is 2.57. The number of phosphoric ester groups is 3. The van der Waals surface area contributed by atoms with Crippen molar-refractivity contribution in [3.63, 3.8) is 0 Å². The molecule has 29 atom stereocenters. The van der Waals surface area contributed by atoms with Gasteiger partial charge in [0.05, 0.1) is 58.1 Å². The van der Waals surface area contributed by atoms with Gasteiger partial charge in [0.25, 0.3) is 51.3 Å². The number of phosphoric acid groups is 3. The van der Waals surface area contributed by atoms with Crippen molar-refractivity contribution >= 4 is 118 Å². The van der Waals surface area contributed by atoms with E-state index in [1.165, 1.54) is 18.6 Å². The molecule has 0 bridgehead atoms. The molecule has 15 heterocycles. The summed E-state index contributed by atoms with van der Waals surface area (Å²) in [6, 6.07) is 2.84. The van der Waals surface area contributed by atoms with E-state index < -0.39 is 296 Å². The Balaban J connectivity index is 0.668. The lowest BCUT2D eigenvalue weighted by Crippen LogP contribution is -2.40. The Bertz CT molecular complexity index is 6490. The molecule has 59 nitrogen and oxygen atoms in total. The van der Waals surface area contributed by atoms with Crippen molar-refractivity contribution in [2.24, 2.45) is 0 Å². The van der Waals surface area contributed by atoms with Gasteiger partial charge < -0.3 is 152 Å². The number of nitrogens with zero attached hydrogens (tertiary/aromatic N) is 13. The van der Waals surface area contributed by atoms with Gasteiger partial charge in [-0.05, 0) is 13.0 Å². The molecule has 68 heteroatoms. The number of aromatic amines is 5. The Morgan fingerprint density at radius 3 is 1.25 bits per heavy atom. The molecule has 129 heavy (non-hydrogen) atoms. The maximum absolute atomic E-state index is 17.4. The number of aromatic nitrogens is 18. The Hall–Kier alpha value is -8.73. The molecule has 0 aromatic carbocycles. The summed E-state index contributed by atoms with van der Waals surface area (Å²) < 4.78 is 210. The van der Waals surface area contributed by atoms with Crippen LogP contribution in [-0.2, 0) is 135 Å². The third-order valence-electron chi connectivity index (χ3n) is 20.7. The van der Waals surface area contributed by atoms with Crippen LogP contribution in [0.15, 0.2) is 94.1 Å². The molecule has 14 N–H and O–H groups in total. The summed E-state index contributed by atoms with van der Waals surface area (Å²) >= 11 is 10.6. The van der Waals surface area contributed by atoms with Gasteiger partial charge in [0, 0.05) is 59.2 Å². The number of anilines is 4. The van der Waals surface area contributed by atoms with E-state index in [0.717, 1.165) is 95.4 Å². The number of aliphatic hydroxyl groups excluding tert-OH is 1. The van der Waals surface area contributed by atoms with Crippen LogP contribution in [0.3, 0.4) is 0 Å². The Morgan fingerprint density at radius 2 is 0.791 bits per heavy atom. The van der Waals surface area contributed by atoms with E-state index in [2.05, 4.69) is 49.8 Å². The number of hydrogen-bond donors (Lipinski definition) is 10. The van der Waals surface area contributed by atoms with E-state index in [9.17, 15) is 81.3 Å². The molecule has 9 aromatic rings. The average molecular weight is 1960 g/mol. The summed E-state index contributed by atoms with van der Waals surface area (Å²) in [5.74, 6) is -1.64. The van der Waals surface area contributed by atoms with Gasteiger partial charge in [0.1, 0.15) is 104 Å². The van der Waals surface area contributed by atoms with Crippen LogP contribution in [0, 0.1) is 0 Å². The molecule has 0 saturated carbocycles. The van der Waals surface area contributed by atoms with Gasteiger partial charge in [0.2, 0.25) is 17.8 Å². The first kappa shape index (κ1) is 94.9. The topological polar surface area (TPSA) is 805 Å². The van der Waals surface area contributed by atoms with Crippen molar-refractivity contribution in [3.8, 4) is 0 Å². The standard InChI is InChI=1S/C61H77F2N22O37P5S2/c1-20-35(41(104-3)53(112-20)82-11-8-28(87)73-61(82)94)118-123(95,96)107-13-22-36(29(62)51(115-22)83-17-68-31-44(83)74-56(65)77-47(31)89)119-124(97,98)109-15-24-38(42(105-4)55(117-24)85-19-70-33-46(85)76-58(67)79-49(33)91)120-125(99,100)108-14-23-37(30(63)50(114-23)80-10-7-27(86)72-60(80)93)121-126(101,128)111-16-25-39(43(106-5)54(116-25)81-9-6-26(64)71-59(81)92)122-127(102,129)110-12-21-34(88)40(103-2)52(113-21)84-18-69-32-45(84)75-57(66)78-48(32)90/h6-11,17-25,29-30,34-43,50-55,88H,12-16H2,1-5H3,(H,95,96)(H,97,98)(H,99,100)(H,101,128)(H,102,129)(H2,64,71,92)(H,72,86,93)(H,73,87,94)(H3,65,74,77,89)(H3,66,75,78,90)(H3,67,76,79,91)/p-5/t20-,21-,22-,23-,24-,25-,29+,30+,34?,35?,36?,37?,38?,39?,40+,41+,42+,43+,50-,51-,52-,53-,54-,55-,126?,127?/m1/s1. The molecule has 0 radical (unpaired) electrons. The van der Waals surface area contributed by atoms with Gasteiger partial charge in [-0.2, -0.15) is 19.9 Å². The molecule has 11 unspecified atom stereocenters. The molecule has 9 aromatic heterocycles. The predicted molar refractivity (Wildman–Crippen MR) is 418 cm³/mol. The number of H-pyrrole nitrogens is 5. The zero-order valence-corrected chi connectivity index (χ0v) is 72.3. The second kappa shape index (κ2) is 37.4. The number of rotatable bonds is 35.